The van der Waals surface area contributed by atoms with Crippen molar-refractivity contribution in [1.29, 1.82) is 0 Å². The van der Waals surface area contributed by atoms with E-state index in [0.29, 0.717) is 19.3 Å². The Labute approximate surface area is 119 Å². The van der Waals surface area contributed by atoms with Crippen LogP contribution in [0.2, 0.25) is 0 Å². The van der Waals surface area contributed by atoms with E-state index in [9.17, 15) is 14.4 Å². The predicted molar refractivity (Wildman–Crippen MR) is 76.5 cm³/mol. The summed E-state index contributed by atoms with van der Waals surface area (Å²) >= 11 is 0. The molecule has 1 fully saturated rings. The molecule has 1 aromatic carbocycles. The molecule has 106 valence electrons. The van der Waals surface area contributed by atoms with Crippen molar-refractivity contribution in [1.82, 2.24) is 0 Å². The summed E-state index contributed by atoms with van der Waals surface area (Å²) in [4.78, 5) is 36.3. The maximum atomic E-state index is 12.2. The maximum absolute atomic E-state index is 12.2. The van der Waals surface area contributed by atoms with E-state index in [0.717, 1.165) is 18.4 Å². The van der Waals surface area contributed by atoms with Gasteiger partial charge in [-0.3, -0.25) is 14.4 Å². The van der Waals surface area contributed by atoms with E-state index in [1.54, 1.807) is 0 Å². The molecule has 1 aliphatic carbocycles. The van der Waals surface area contributed by atoms with Crippen LogP contribution in [0.4, 0.5) is 0 Å². The Morgan fingerprint density at radius 3 is 2.25 bits per heavy atom. The Balaban J connectivity index is 2.07. The van der Waals surface area contributed by atoms with Gasteiger partial charge >= 0.3 is 0 Å². The lowest BCUT2D eigenvalue weighted by atomic mass is 9.75. The summed E-state index contributed by atoms with van der Waals surface area (Å²) in [5, 5.41) is 0. The molecule has 0 unspecified atom stereocenters. The van der Waals surface area contributed by atoms with Gasteiger partial charge in [-0.25, -0.2) is 0 Å². The van der Waals surface area contributed by atoms with E-state index in [1.807, 2.05) is 37.3 Å². The summed E-state index contributed by atoms with van der Waals surface area (Å²) < 4.78 is 0. The van der Waals surface area contributed by atoms with Crippen LogP contribution in [0.3, 0.4) is 0 Å². The van der Waals surface area contributed by atoms with Gasteiger partial charge in [0.05, 0.1) is 0 Å². The zero-order valence-electron chi connectivity index (χ0n) is 11.8. The highest BCUT2D eigenvalue weighted by Gasteiger charge is 2.39. The highest BCUT2D eigenvalue weighted by Crippen LogP contribution is 2.32. The highest BCUT2D eigenvalue weighted by molar-refractivity contribution is 6.20. The van der Waals surface area contributed by atoms with Crippen LogP contribution in [-0.4, -0.2) is 17.3 Å². The standard InChI is InChI=1S/C17H20O3/c1-2-3-9-14(18)17-15(19)10-13(11-16(17)20)12-7-5-4-6-8-12/h4-8,13,17H,2-3,9-11H2,1H3. The molecule has 3 nitrogen and oxygen atoms in total. The van der Waals surface area contributed by atoms with Gasteiger partial charge in [0.2, 0.25) is 0 Å². The fourth-order valence-corrected chi connectivity index (χ4v) is 2.79. The van der Waals surface area contributed by atoms with Gasteiger partial charge in [0.1, 0.15) is 5.92 Å². The Bertz CT molecular complexity index is 486. The average Bonchev–Trinajstić information content (AvgIpc) is 2.45. The SMILES string of the molecule is CCCCC(=O)C1C(=O)CC(c2ccccc2)CC1=O. The third-order valence-corrected chi connectivity index (χ3v) is 3.91. The quantitative estimate of drug-likeness (QED) is 0.774. The van der Waals surface area contributed by atoms with Gasteiger partial charge in [-0.2, -0.15) is 0 Å². The van der Waals surface area contributed by atoms with E-state index < -0.39 is 5.92 Å². The minimum Gasteiger partial charge on any atom is -0.298 e. The fourth-order valence-electron chi connectivity index (χ4n) is 2.79. The normalized spacial score (nSPS) is 22.9. The van der Waals surface area contributed by atoms with Crippen molar-refractivity contribution < 1.29 is 14.4 Å². The average molecular weight is 272 g/mol. The van der Waals surface area contributed by atoms with Gasteiger partial charge in [-0.15, -0.1) is 0 Å². The van der Waals surface area contributed by atoms with Gasteiger partial charge in [0.15, 0.2) is 17.3 Å². The first-order valence-electron chi connectivity index (χ1n) is 7.26. The van der Waals surface area contributed by atoms with Crippen LogP contribution in [0.15, 0.2) is 30.3 Å². The first-order valence-corrected chi connectivity index (χ1v) is 7.26. The van der Waals surface area contributed by atoms with E-state index in [2.05, 4.69) is 0 Å². The summed E-state index contributed by atoms with van der Waals surface area (Å²) in [6.45, 7) is 1.99. The largest absolute Gasteiger partial charge is 0.298 e. The molecule has 0 aromatic heterocycles. The number of hydrogen-bond donors (Lipinski definition) is 0. The van der Waals surface area contributed by atoms with Gasteiger partial charge in [0.25, 0.3) is 0 Å². The van der Waals surface area contributed by atoms with Gasteiger partial charge in [0, 0.05) is 19.3 Å². The van der Waals surface area contributed by atoms with Crippen LogP contribution in [0, 0.1) is 5.92 Å². The molecule has 0 aliphatic heterocycles. The van der Waals surface area contributed by atoms with Gasteiger partial charge < -0.3 is 0 Å². The summed E-state index contributed by atoms with van der Waals surface area (Å²) in [6.07, 6.45) is 2.59. The monoisotopic (exact) mass is 272 g/mol. The van der Waals surface area contributed by atoms with E-state index in [-0.39, 0.29) is 23.3 Å². The molecular weight excluding hydrogens is 252 g/mol. The zero-order valence-corrected chi connectivity index (χ0v) is 11.8. The van der Waals surface area contributed by atoms with Crippen molar-refractivity contribution in [2.24, 2.45) is 5.92 Å². The Hall–Kier alpha value is -1.77. The van der Waals surface area contributed by atoms with Crippen LogP contribution in [-0.2, 0) is 14.4 Å². The summed E-state index contributed by atoms with van der Waals surface area (Å²) in [7, 11) is 0. The molecule has 2 rings (SSSR count). The van der Waals surface area contributed by atoms with Crippen LogP contribution >= 0.6 is 0 Å². The molecule has 3 heteroatoms. The second-order valence-corrected chi connectivity index (χ2v) is 5.45. The van der Waals surface area contributed by atoms with Crippen LogP contribution in [0.1, 0.15) is 50.5 Å². The number of hydrogen-bond acceptors (Lipinski definition) is 3. The van der Waals surface area contributed by atoms with Crippen molar-refractivity contribution >= 4 is 17.3 Å². The summed E-state index contributed by atoms with van der Waals surface area (Å²) in [6, 6.07) is 9.59. The highest BCUT2D eigenvalue weighted by atomic mass is 16.2. The molecule has 1 aromatic rings. The number of unbranched alkanes of at least 4 members (excludes halogenated alkanes) is 1. The third kappa shape index (κ3) is 3.21. The first kappa shape index (κ1) is 14.6. The lowest BCUT2D eigenvalue weighted by Crippen LogP contribution is -2.38. The van der Waals surface area contributed by atoms with Crippen LogP contribution in [0.5, 0.6) is 0 Å². The summed E-state index contributed by atoms with van der Waals surface area (Å²) in [5.41, 5.74) is 1.01. The molecule has 20 heavy (non-hydrogen) atoms. The molecule has 0 atom stereocenters. The minimum atomic E-state index is -0.985. The topological polar surface area (TPSA) is 51.2 Å². The van der Waals surface area contributed by atoms with Gasteiger partial charge in [-0.05, 0) is 17.9 Å². The first-order chi connectivity index (χ1) is 9.63. The van der Waals surface area contributed by atoms with Crippen LogP contribution in [0.25, 0.3) is 0 Å². The number of carbonyl (C=O) groups is 3. The number of Topliss-reactive ketones (excluding diaryl/α,β-unsaturated/α-hetero) is 3. The molecule has 0 amide bonds. The van der Waals surface area contributed by atoms with Crippen molar-refractivity contribution in [2.75, 3.05) is 0 Å². The van der Waals surface area contributed by atoms with E-state index >= 15 is 0 Å². The summed E-state index contributed by atoms with van der Waals surface area (Å²) in [5.74, 6) is -1.63. The lowest BCUT2D eigenvalue weighted by Gasteiger charge is -2.25. The molecule has 0 bridgehead atoms. The second kappa shape index (κ2) is 6.60. The minimum absolute atomic E-state index is 0.0635. The molecule has 0 saturated heterocycles. The molecule has 1 saturated carbocycles. The Morgan fingerprint density at radius 2 is 1.70 bits per heavy atom. The number of rotatable bonds is 5. The molecular formula is C17H20O3. The molecule has 0 spiro atoms. The number of ketones is 3. The molecule has 0 radical (unpaired) electrons. The molecule has 1 aliphatic rings. The Kier molecular flexibility index (Phi) is 4.83. The van der Waals surface area contributed by atoms with Crippen molar-refractivity contribution in [2.45, 2.75) is 44.9 Å². The van der Waals surface area contributed by atoms with E-state index in [1.165, 1.54) is 0 Å². The van der Waals surface area contributed by atoms with Crippen LogP contribution < -0.4 is 0 Å². The fraction of sp³-hybridized carbons (Fsp3) is 0.471. The maximum Gasteiger partial charge on any atom is 0.151 e. The van der Waals surface area contributed by atoms with Gasteiger partial charge in [-0.1, -0.05) is 43.7 Å². The smallest absolute Gasteiger partial charge is 0.151 e. The van der Waals surface area contributed by atoms with Crippen molar-refractivity contribution in [3.63, 3.8) is 0 Å². The predicted octanol–water partition coefficient (Wildman–Crippen LogP) is 3.08. The number of carbonyl (C=O) groups excluding carboxylic acids is 3. The third-order valence-electron chi connectivity index (χ3n) is 3.91. The molecule has 0 heterocycles. The second-order valence-electron chi connectivity index (χ2n) is 5.45. The van der Waals surface area contributed by atoms with Crippen molar-refractivity contribution in [3.8, 4) is 0 Å². The number of benzene rings is 1. The Morgan fingerprint density at radius 1 is 1.10 bits per heavy atom. The van der Waals surface area contributed by atoms with Crippen molar-refractivity contribution in [3.05, 3.63) is 35.9 Å². The van der Waals surface area contributed by atoms with E-state index in [4.69, 9.17) is 0 Å². The lowest BCUT2D eigenvalue weighted by molar-refractivity contribution is -0.142. The zero-order chi connectivity index (χ0) is 14.5. The molecule has 0 N–H and O–H groups in total.